The van der Waals surface area contributed by atoms with Gasteiger partial charge in [-0.3, -0.25) is 9.10 Å². The van der Waals surface area contributed by atoms with Crippen LogP contribution in [-0.2, 0) is 10.0 Å². The lowest BCUT2D eigenvalue weighted by Gasteiger charge is -2.23. The first-order valence-electron chi connectivity index (χ1n) is 9.77. The third-order valence-electron chi connectivity index (χ3n) is 5.60. The van der Waals surface area contributed by atoms with E-state index >= 15 is 0 Å². The molecule has 2 aromatic carbocycles. The van der Waals surface area contributed by atoms with Gasteiger partial charge in [-0.25, -0.2) is 12.8 Å². The number of nitrogens with one attached hydrogen (secondary N) is 1. The average Bonchev–Trinajstić information content (AvgIpc) is 2.98. The smallest absolute Gasteiger partial charge is 0.255 e. The van der Waals surface area contributed by atoms with Crippen LogP contribution in [0.5, 0.6) is 0 Å². The van der Waals surface area contributed by atoms with Crippen molar-refractivity contribution in [2.75, 3.05) is 24.2 Å². The summed E-state index contributed by atoms with van der Waals surface area (Å²) in [5.41, 5.74) is 2.77. The van der Waals surface area contributed by atoms with Crippen LogP contribution in [0.1, 0.15) is 41.6 Å². The number of rotatable bonds is 3. The summed E-state index contributed by atoms with van der Waals surface area (Å²) >= 11 is 0. The number of halogens is 1. The zero-order valence-corrected chi connectivity index (χ0v) is 17.8. The SMILES string of the molecule is CNC(=O)c1c(-c2ccc(F)cc2)oc2cc3c(cc12)[C@H](C)CCCN3S(C)(=O)=O. The molecule has 4 rings (SSSR count). The van der Waals surface area contributed by atoms with Crippen LogP contribution in [0.2, 0.25) is 0 Å². The van der Waals surface area contributed by atoms with E-state index in [2.05, 4.69) is 12.2 Å². The van der Waals surface area contributed by atoms with Gasteiger partial charge < -0.3 is 9.73 Å². The van der Waals surface area contributed by atoms with Gasteiger partial charge in [-0.1, -0.05) is 6.92 Å². The molecule has 1 atom stereocenters. The van der Waals surface area contributed by atoms with E-state index in [0.29, 0.717) is 40.1 Å². The van der Waals surface area contributed by atoms with E-state index in [0.717, 1.165) is 18.4 Å². The van der Waals surface area contributed by atoms with Gasteiger partial charge >= 0.3 is 0 Å². The molecule has 0 unspecified atom stereocenters. The average molecular weight is 431 g/mol. The fraction of sp³-hybridized carbons (Fsp3) is 0.318. The molecular formula is C22H23FN2O4S. The zero-order chi connectivity index (χ0) is 21.6. The van der Waals surface area contributed by atoms with Crippen molar-refractivity contribution in [2.45, 2.75) is 25.7 Å². The number of nitrogens with zero attached hydrogens (tertiary/aromatic N) is 1. The summed E-state index contributed by atoms with van der Waals surface area (Å²) in [7, 11) is -1.93. The molecule has 3 aromatic rings. The molecule has 2 heterocycles. The third-order valence-corrected chi connectivity index (χ3v) is 6.78. The van der Waals surface area contributed by atoms with Crippen LogP contribution in [0, 0.1) is 5.82 Å². The summed E-state index contributed by atoms with van der Waals surface area (Å²) in [6.45, 7) is 2.45. The number of carbonyl (C=O) groups is 1. The Morgan fingerprint density at radius 2 is 1.93 bits per heavy atom. The monoisotopic (exact) mass is 430 g/mol. The topological polar surface area (TPSA) is 79.6 Å². The third kappa shape index (κ3) is 3.45. The Balaban J connectivity index is 2.03. The molecule has 0 saturated carbocycles. The molecule has 0 spiro atoms. The maximum Gasteiger partial charge on any atom is 0.255 e. The predicted molar refractivity (Wildman–Crippen MR) is 115 cm³/mol. The van der Waals surface area contributed by atoms with Crippen LogP contribution < -0.4 is 9.62 Å². The number of hydrogen-bond acceptors (Lipinski definition) is 4. The first-order valence-corrected chi connectivity index (χ1v) is 11.6. The van der Waals surface area contributed by atoms with E-state index < -0.39 is 10.0 Å². The molecule has 0 aliphatic carbocycles. The highest BCUT2D eigenvalue weighted by Crippen LogP contribution is 2.42. The van der Waals surface area contributed by atoms with Gasteiger partial charge in [0.25, 0.3) is 5.91 Å². The number of carbonyl (C=O) groups excluding carboxylic acids is 1. The highest BCUT2D eigenvalue weighted by atomic mass is 32.2. The lowest BCUT2D eigenvalue weighted by atomic mass is 9.93. The van der Waals surface area contributed by atoms with Gasteiger partial charge in [-0.2, -0.15) is 0 Å². The molecular weight excluding hydrogens is 407 g/mol. The van der Waals surface area contributed by atoms with Gasteiger partial charge in [0.1, 0.15) is 17.2 Å². The molecule has 1 aliphatic heterocycles. The van der Waals surface area contributed by atoms with Crippen molar-refractivity contribution >= 4 is 32.6 Å². The summed E-state index contributed by atoms with van der Waals surface area (Å²) in [4.78, 5) is 12.7. The number of anilines is 1. The van der Waals surface area contributed by atoms with Crippen LogP contribution in [-0.4, -0.2) is 34.2 Å². The number of amides is 1. The molecule has 0 radical (unpaired) electrons. The largest absolute Gasteiger partial charge is 0.455 e. The fourth-order valence-electron chi connectivity index (χ4n) is 4.08. The molecule has 1 N–H and O–H groups in total. The normalized spacial score (nSPS) is 16.9. The second-order valence-corrected chi connectivity index (χ2v) is 9.58. The lowest BCUT2D eigenvalue weighted by molar-refractivity contribution is 0.0964. The molecule has 6 nitrogen and oxygen atoms in total. The van der Waals surface area contributed by atoms with Crippen LogP contribution in [0.25, 0.3) is 22.3 Å². The quantitative estimate of drug-likeness (QED) is 0.673. The van der Waals surface area contributed by atoms with Crippen LogP contribution >= 0.6 is 0 Å². The Morgan fingerprint density at radius 1 is 1.23 bits per heavy atom. The minimum Gasteiger partial charge on any atom is -0.455 e. The minimum atomic E-state index is -3.47. The van der Waals surface area contributed by atoms with E-state index in [1.165, 1.54) is 29.7 Å². The van der Waals surface area contributed by atoms with Crippen LogP contribution in [0.15, 0.2) is 40.8 Å². The summed E-state index contributed by atoms with van der Waals surface area (Å²) in [5.74, 6) is -0.268. The van der Waals surface area contributed by atoms with Gasteiger partial charge in [0.15, 0.2) is 0 Å². The van der Waals surface area contributed by atoms with Crippen molar-refractivity contribution in [3.05, 3.63) is 53.3 Å². The maximum atomic E-state index is 13.4. The van der Waals surface area contributed by atoms with Gasteiger partial charge in [-0.15, -0.1) is 0 Å². The van der Waals surface area contributed by atoms with Gasteiger partial charge in [0.05, 0.1) is 17.5 Å². The standard InChI is InChI=1S/C22H23FN2O4S/c1-13-5-4-10-25(30(3,27)28)18-12-19-17(11-16(13)18)20(22(26)24-2)21(29-19)14-6-8-15(23)9-7-14/h6-9,11-13H,4-5,10H2,1-3H3,(H,24,26)/t13-/m1/s1. The maximum absolute atomic E-state index is 13.4. The molecule has 1 amide bonds. The number of sulfonamides is 1. The lowest BCUT2D eigenvalue weighted by Crippen LogP contribution is -2.30. The molecule has 0 bridgehead atoms. The molecule has 0 saturated heterocycles. The van der Waals surface area contributed by atoms with Gasteiger partial charge in [0, 0.05) is 30.6 Å². The Bertz CT molecular complexity index is 1230. The van der Waals surface area contributed by atoms with Crippen LogP contribution in [0.4, 0.5) is 10.1 Å². The van der Waals surface area contributed by atoms with Crippen molar-refractivity contribution in [3.63, 3.8) is 0 Å². The Morgan fingerprint density at radius 3 is 2.57 bits per heavy atom. The molecule has 1 aliphatic rings. The summed E-state index contributed by atoms with van der Waals surface area (Å²) < 4.78 is 45.7. The Kier molecular flexibility index (Phi) is 5.05. The zero-order valence-electron chi connectivity index (χ0n) is 17.0. The van der Waals surface area contributed by atoms with Crippen LogP contribution in [0.3, 0.4) is 0 Å². The Labute approximate surface area is 174 Å². The van der Waals surface area contributed by atoms with E-state index in [9.17, 15) is 17.6 Å². The summed E-state index contributed by atoms with van der Waals surface area (Å²) in [5, 5.41) is 3.24. The predicted octanol–water partition coefficient (Wildman–Crippen LogP) is 4.26. The van der Waals surface area contributed by atoms with Crippen molar-refractivity contribution in [3.8, 4) is 11.3 Å². The molecule has 8 heteroatoms. The molecule has 158 valence electrons. The number of hydrogen-bond donors (Lipinski definition) is 1. The highest BCUT2D eigenvalue weighted by molar-refractivity contribution is 7.92. The molecule has 30 heavy (non-hydrogen) atoms. The van der Waals surface area contributed by atoms with E-state index in [1.807, 2.05) is 6.07 Å². The number of furan rings is 1. The molecule has 1 aromatic heterocycles. The van der Waals surface area contributed by atoms with E-state index in [-0.39, 0.29) is 17.6 Å². The second kappa shape index (κ2) is 7.43. The molecule has 0 fully saturated rings. The fourth-order valence-corrected chi connectivity index (χ4v) is 5.05. The highest BCUT2D eigenvalue weighted by Gasteiger charge is 2.29. The van der Waals surface area contributed by atoms with Crippen molar-refractivity contribution in [2.24, 2.45) is 0 Å². The first-order chi connectivity index (χ1) is 14.2. The van der Waals surface area contributed by atoms with E-state index in [4.69, 9.17) is 4.42 Å². The van der Waals surface area contributed by atoms with Gasteiger partial charge in [-0.05, 0) is 54.7 Å². The summed E-state index contributed by atoms with van der Waals surface area (Å²) in [6.07, 6.45) is 2.77. The number of fused-ring (bicyclic) bond motifs is 2. The number of benzene rings is 2. The van der Waals surface area contributed by atoms with Crippen molar-refractivity contribution in [1.29, 1.82) is 0 Å². The minimum absolute atomic E-state index is 0.123. The van der Waals surface area contributed by atoms with E-state index in [1.54, 1.807) is 18.2 Å². The van der Waals surface area contributed by atoms with Crippen molar-refractivity contribution < 1.29 is 22.0 Å². The van der Waals surface area contributed by atoms with Gasteiger partial charge in [0.2, 0.25) is 10.0 Å². The summed E-state index contributed by atoms with van der Waals surface area (Å²) in [6, 6.07) is 9.27. The first kappa shape index (κ1) is 20.4. The second-order valence-electron chi connectivity index (χ2n) is 7.68. The van der Waals surface area contributed by atoms with Crippen molar-refractivity contribution in [1.82, 2.24) is 5.32 Å². The Hall–Kier alpha value is -2.87.